The van der Waals surface area contributed by atoms with Crippen LogP contribution >= 0.6 is 11.3 Å². The van der Waals surface area contributed by atoms with E-state index in [4.69, 9.17) is 4.74 Å². The average molecular weight is 261 g/mol. The van der Waals surface area contributed by atoms with E-state index < -0.39 is 0 Å². The minimum absolute atomic E-state index is 0.308. The zero-order chi connectivity index (χ0) is 12.8. The van der Waals surface area contributed by atoms with Crippen LogP contribution in [0, 0.1) is 0 Å². The van der Waals surface area contributed by atoms with Gasteiger partial charge in [0.25, 0.3) is 0 Å². The monoisotopic (exact) mass is 261 g/mol. The maximum absolute atomic E-state index is 12.0. The number of hydrogen-bond acceptors (Lipinski definition) is 3. The first kappa shape index (κ1) is 12.6. The second-order valence-electron chi connectivity index (χ2n) is 3.70. The predicted octanol–water partition coefficient (Wildman–Crippen LogP) is 3.91. The summed E-state index contributed by atoms with van der Waals surface area (Å²) in [6.45, 7) is 2.74. The zero-order valence-electron chi connectivity index (χ0n) is 10.2. The molecule has 1 amide bonds. The third kappa shape index (κ3) is 3.11. The Morgan fingerprint density at radius 3 is 2.61 bits per heavy atom. The van der Waals surface area contributed by atoms with Crippen molar-refractivity contribution in [3.8, 4) is 0 Å². The highest BCUT2D eigenvalue weighted by atomic mass is 32.1. The lowest BCUT2D eigenvalue weighted by Gasteiger charge is -2.21. The number of anilines is 1. The predicted molar refractivity (Wildman–Crippen MR) is 74.0 cm³/mol. The molecule has 0 saturated heterocycles. The third-order valence-electron chi connectivity index (χ3n) is 2.45. The van der Waals surface area contributed by atoms with Crippen molar-refractivity contribution in [3.63, 3.8) is 0 Å². The Bertz CT molecular complexity index is 482. The Labute approximate surface area is 111 Å². The molecular weight excluding hydrogens is 246 g/mol. The maximum Gasteiger partial charge on any atom is 0.414 e. The van der Waals surface area contributed by atoms with E-state index in [1.54, 1.807) is 16.2 Å². The molecular formula is C14H15NO2S. The molecule has 0 saturated carbocycles. The van der Waals surface area contributed by atoms with Gasteiger partial charge in [-0.15, -0.1) is 11.3 Å². The van der Waals surface area contributed by atoms with Crippen LogP contribution in [-0.2, 0) is 11.3 Å². The molecule has 0 unspecified atom stereocenters. The van der Waals surface area contributed by atoms with E-state index in [9.17, 15) is 4.79 Å². The molecule has 0 aliphatic carbocycles. The minimum Gasteiger partial charge on any atom is -0.449 e. The van der Waals surface area contributed by atoms with Crippen molar-refractivity contribution in [2.24, 2.45) is 0 Å². The van der Waals surface area contributed by atoms with E-state index in [0.717, 1.165) is 10.6 Å². The van der Waals surface area contributed by atoms with Crippen LogP contribution in [0.15, 0.2) is 47.8 Å². The smallest absolute Gasteiger partial charge is 0.414 e. The van der Waals surface area contributed by atoms with E-state index in [1.807, 2.05) is 54.8 Å². The van der Waals surface area contributed by atoms with Crippen molar-refractivity contribution in [2.75, 3.05) is 11.5 Å². The number of ether oxygens (including phenoxy) is 1. The van der Waals surface area contributed by atoms with Crippen molar-refractivity contribution in [3.05, 3.63) is 52.7 Å². The van der Waals surface area contributed by atoms with Crippen LogP contribution < -0.4 is 4.90 Å². The molecule has 2 aromatic rings. The van der Waals surface area contributed by atoms with Gasteiger partial charge >= 0.3 is 6.09 Å². The van der Waals surface area contributed by atoms with Gasteiger partial charge in [0, 0.05) is 10.6 Å². The molecule has 1 aromatic carbocycles. The fourth-order valence-corrected chi connectivity index (χ4v) is 2.32. The van der Waals surface area contributed by atoms with Crippen LogP contribution in [0.2, 0.25) is 0 Å². The standard InChI is InChI=1S/C14H15NO2S/c1-2-17-14(16)15(11-13-9-6-10-18-13)12-7-4-3-5-8-12/h3-10H,2,11H2,1H3. The Hall–Kier alpha value is -1.81. The fourth-order valence-electron chi connectivity index (χ4n) is 1.63. The molecule has 0 atom stereocenters. The van der Waals surface area contributed by atoms with Crippen LogP contribution in [0.25, 0.3) is 0 Å². The van der Waals surface area contributed by atoms with Gasteiger partial charge in [-0.2, -0.15) is 0 Å². The molecule has 18 heavy (non-hydrogen) atoms. The van der Waals surface area contributed by atoms with Crippen LogP contribution in [0.3, 0.4) is 0 Å². The number of para-hydroxylation sites is 1. The Morgan fingerprint density at radius 2 is 2.00 bits per heavy atom. The van der Waals surface area contributed by atoms with Crippen LogP contribution in [0.4, 0.5) is 10.5 Å². The number of carbonyl (C=O) groups is 1. The van der Waals surface area contributed by atoms with Gasteiger partial charge in [-0.25, -0.2) is 4.79 Å². The van der Waals surface area contributed by atoms with Crippen LogP contribution in [0.1, 0.15) is 11.8 Å². The van der Waals surface area contributed by atoms with E-state index in [2.05, 4.69) is 0 Å². The average Bonchev–Trinajstić information content (AvgIpc) is 2.90. The van der Waals surface area contributed by atoms with Crippen molar-refractivity contribution in [1.82, 2.24) is 0 Å². The van der Waals surface area contributed by atoms with Crippen LogP contribution in [0.5, 0.6) is 0 Å². The number of hydrogen-bond donors (Lipinski definition) is 0. The first-order valence-electron chi connectivity index (χ1n) is 5.83. The Balaban J connectivity index is 2.20. The normalized spacial score (nSPS) is 10.1. The highest BCUT2D eigenvalue weighted by Crippen LogP contribution is 2.20. The minimum atomic E-state index is -0.308. The number of benzene rings is 1. The summed E-state index contributed by atoms with van der Waals surface area (Å²) in [6.07, 6.45) is -0.308. The number of carbonyl (C=O) groups excluding carboxylic acids is 1. The molecule has 2 rings (SSSR count). The molecule has 1 aromatic heterocycles. The quantitative estimate of drug-likeness (QED) is 0.835. The molecule has 3 nitrogen and oxygen atoms in total. The summed E-state index contributed by atoms with van der Waals surface area (Å²) in [6, 6.07) is 13.6. The van der Waals surface area contributed by atoms with E-state index in [0.29, 0.717) is 13.2 Å². The molecule has 1 heterocycles. The summed E-state index contributed by atoms with van der Waals surface area (Å²) >= 11 is 1.63. The second-order valence-corrected chi connectivity index (χ2v) is 4.73. The van der Waals surface area contributed by atoms with E-state index in [1.165, 1.54) is 0 Å². The van der Waals surface area contributed by atoms with Gasteiger partial charge < -0.3 is 4.74 Å². The lowest BCUT2D eigenvalue weighted by molar-refractivity contribution is 0.159. The second kappa shape index (κ2) is 6.21. The Kier molecular flexibility index (Phi) is 4.36. The SMILES string of the molecule is CCOC(=O)N(Cc1cccs1)c1ccccc1. The molecule has 0 radical (unpaired) electrons. The van der Waals surface area contributed by atoms with E-state index >= 15 is 0 Å². The number of amides is 1. The zero-order valence-corrected chi connectivity index (χ0v) is 11.0. The Morgan fingerprint density at radius 1 is 1.22 bits per heavy atom. The first-order valence-corrected chi connectivity index (χ1v) is 6.71. The van der Waals surface area contributed by atoms with Gasteiger partial charge in [0.2, 0.25) is 0 Å². The molecule has 4 heteroatoms. The van der Waals surface area contributed by atoms with Gasteiger partial charge in [-0.05, 0) is 30.5 Å². The van der Waals surface area contributed by atoms with E-state index in [-0.39, 0.29) is 6.09 Å². The molecule has 0 spiro atoms. The van der Waals surface area contributed by atoms with Crippen molar-refractivity contribution in [2.45, 2.75) is 13.5 Å². The summed E-state index contributed by atoms with van der Waals surface area (Å²) in [4.78, 5) is 14.8. The summed E-state index contributed by atoms with van der Waals surface area (Å²) in [5.41, 5.74) is 0.851. The summed E-state index contributed by atoms with van der Waals surface area (Å²) < 4.78 is 5.10. The topological polar surface area (TPSA) is 29.5 Å². The van der Waals surface area contributed by atoms with Crippen LogP contribution in [-0.4, -0.2) is 12.7 Å². The molecule has 0 fully saturated rings. The molecule has 0 aliphatic rings. The van der Waals surface area contributed by atoms with Gasteiger partial charge in [-0.1, -0.05) is 24.3 Å². The summed E-state index contributed by atoms with van der Waals surface area (Å²) in [7, 11) is 0. The summed E-state index contributed by atoms with van der Waals surface area (Å²) in [5, 5.41) is 2.00. The fraction of sp³-hybridized carbons (Fsp3) is 0.214. The number of rotatable bonds is 4. The molecule has 94 valence electrons. The van der Waals surface area contributed by atoms with Gasteiger partial charge in [0.05, 0.1) is 13.2 Å². The summed E-state index contributed by atoms with van der Waals surface area (Å²) in [5.74, 6) is 0. The lowest BCUT2D eigenvalue weighted by atomic mass is 10.3. The molecule has 0 N–H and O–H groups in total. The first-order chi connectivity index (χ1) is 8.81. The molecule has 0 bridgehead atoms. The van der Waals surface area contributed by atoms with Gasteiger partial charge in [-0.3, -0.25) is 4.90 Å². The highest BCUT2D eigenvalue weighted by molar-refractivity contribution is 7.09. The largest absolute Gasteiger partial charge is 0.449 e. The van der Waals surface area contributed by atoms with Crippen molar-refractivity contribution in [1.29, 1.82) is 0 Å². The lowest BCUT2D eigenvalue weighted by Crippen LogP contribution is -2.30. The van der Waals surface area contributed by atoms with Gasteiger partial charge in [0.1, 0.15) is 0 Å². The van der Waals surface area contributed by atoms with Crippen molar-refractivity contribution < 1.29 is 9.53 Å². The highest BCUT2D eigenvalue weighted by Gasteiger charge is 2.17. The number of thiophene rings is 1. The van der Waals surface area contributed by atoms with Crippen molar-refractivity contribution >= 4 is 23.1 Å². The van der Waals surface area contributed by atoms with Gasteiger partial charge in [0.15, 0.2) is 0 Å². The third-order valence-corrected chi connectivity index (χ3v) is 3.31. The number of nitrogens with zero attached hydrogens (tertiary/aromatic N) is 1. The maximum atomic E-state index is 12.0. The molecule has 0 aliphatic heterocycles.